The molecule has 1 fully saturated rings. The Balaban J connectivity index is 1.68. The number of piperidine rings is 1. The molecule has 0 radical (unpaired) electrons. The van der Waals surface area contributed by atoms with Crippen molar-refractivity contribution in [2.24, 2.45) is 0 Å². The number of likely N-dealkylation sites (tertiary alicyclic amines) is 1. The summed E-state index contributed by atoms with van der Waals surface area (Å²) in [6, 6.07) is 4.23. The summed E-state index contributed by atoms with van der Waals surface area (Å²) in [5, 5.41) is 0. The first-order valence-corrected chi connectivity index (χ1v) is 12.3. The fourth-order valence-electron chi connectivity index (χ4n) is 4.50. The lowest BCUT2D eigenvalue weighted by atomic mass is 9.90. The molecule has 0 bridgehead atoms. The third kappa shape index (κ3) is 5.20. The van der Waals surface area contributed by atoms with Gasteiger partial charge in [-0.1, -0.05) is 0 Å². The van der Waals surface area contributed by atoms with E-state index < -0.39 is 11.4 Å². The second-order valence-corrected chi connectivity index (χ2v) is 10.6. The molecular weight excluding hydrogens is 461 g/mol. The molecule has 2 amide bonds. The Labute approximate surface area is 211 Å². The second-order valence-electron chi connectivity index (χ2n) is 10.6. The van der Waals surface area contributed by atoms with E-state index in [4.69, 9.17) is 4.74 Å². The molecule has 0 unspecified atom stereocenters. The van der Waals surface area contributed by atoms with Gasteiger partial charge < -0.3 is 19.1 Å². The number of hydrogen-bond acceptors (Lipinski definition) is 5. The van der Waals surface area contributed by atoms with Gasteiger partial charge in [0, 0.05) is 32.4 Å². The molecule has 8 nitrogen and oxygen atoms in total. The molecule has 0 N–H and O–H groups in total. The molecule has 3 heterocycles. The number of carbonyl (C=O) groups is 2. The van der Waals surface area contributed by atoms with E-state index in [1.807, 2.05) is 45.4 Å². The largest absolute Gasteiger partial charge is 0.444 e. The Morgan fingerprint density at radius 1 is 1.19 bits per heavy atom. The predicted molar refractivity (Wildman–Crippen MR) is 136 cm³/mol. The van der Waals surface area contributed by atoms with E-state index in [0.717, 1.165) is 29.4 Å². The summed E-state index contributed by atoms with van der Waals surface area (Å²) < 4.78 is 21.7. The molecule has 0 atom stereocenters. The van der Waals surface area contributed by atoms with Gasteiger partial charge in [0.2, 0.25) is 0 Å². The fourth-order valence-corrected chi connectivity index (χ4v) is 4.50. The number of amides is 2. The Morgan fingerprint density at radius 2 is 1.89 bits per heavy atom. The summed E-state index contributed by atoms with van der Waals surface area (Å²) in [5.74, 6) is -0.563. The van der Waals surface area contributed by atoms with Crippen molar-refractivity contribution in [3.05, 3.63) is 53.9 Å². The van der Waals surface area contributed by atoms with Gasteiger partial charge in [0.1, 0.15) is 17.7 Å². The summed E-state index contributed by atoms with van der Waals surface area (Å²) in [6.07, 6.45) is 6.42. The SMILES string of the molecule is CC(C)N(C)C(=O)c1cc(F)ccc1-n1cc(C2CCN(C(=O)OC(C)(C)C)CC2)c2ncncc21. The Morgan fingerprint density at radius 3 is 2.53 bits per heavy atom. The maximum Gasteiger partial charge on any atom is 0.410 e. The van der Waals surface area contributed by atoms with Crippen molar-refractivity contribution in [1.82, 2.24) is 24.3 Å². The van der Waals surface area contributed by atoms with Crippen LogP contribution in [-0.4, -0.2) is 68.1 Å². The van der Waals surface area contributed by atoms with Crippen LogP contribution in [0.5, 0.6) is 0 Å². The van der Waals surface area contributed by atoms with Crippen LogP contribution in [0.15, 0.2) is 36.9 Å². The summed E-state index contributed by atoms with van der Waals surface area (Å²) in [5.41, 5.74) is 2.88. The molecule has 1 saturated heterocycles. The summed E-state index contributed by atoms with van der Waals surface area (Å²) in [7, 11) is 1.71. The van der Waals surface area contributed by atoms with Gasteiger partial charge >= 0.3 is 6.09 Å². The third-order valence-corrected chi connectivity index (χ3v) is 6.62. The number of benzene rings is 1. The quantitative estimate of drug-likeness (QED) is 0.500. The van der Waals surface area contributed by atoms with E-state index in [0.29, 0.717) is 18.8 Å². The topological polar surface area (TPSA) is 80.6 Å². The van der Waals surface area contributed by atoms with Crippen molar-refractivity contribution >= 4 is 23.0 Å². The summed E-state index contributed by atoms with van der Waals surface area (Å²) >= 11 is 0. The zero-order valence-corrected chi connectivity index (χ0v) is 21.8. The van der Waals surface area contributed by atoms with Crippen molar-refractivity contribution in [1.29, 1.82) is 0 Å². The van der Waals surface area contributed by atoms with Gasteiger partial charge in [-0.15, -0.1) is 0 Å². The first-order valence-electron chi connectivity index (χ1n) is 12.3. The van der Waals surface area contributed by atoms with Crippen molar-refractivity contribution in [2.75, 3.05) is 20.1 Å². The van der Waals surface area contributed by atoms with Crippen LogP contribution in [0.2, 0.25) is 0 Å². The first kappa shape index (κ1) is 25.6. The summed E-state index contributed by atoms with van der Waals surface area (Å²) in [6.45, 7) is 10.6. The van der Waals surface area contributed by atoms with E-state index in [9.17, 15) is 14.0 Å². The minimum absolute atomic E-state index is 0.0379. The second kappa shape index (κ2) is 9.87. The Bertz CT molecular complexity index is 1270. The predicted octanol–water partition coefficient (Wildman–Crippen LogP) is 5.15. The smallest absolute Gasteiger partial charge is 0.410 e. The number of ether oxygens (including phenoxy) is 1. The Kier molecular flexibility index (Phi) is 7.02. The molecule has 3 aromatic rings. The zero-order valence-electron chi connectivity index (χ0n) is 21.8. The molecule has 4 rings (SSSR count). The lowest BCUT2D eigenvalue weighted by Crippen LogP contribution is -2.41. The highest BCUT2D eigenvalue weighted by molar-refractivity contribution is 5.98. The van der Waals surface area contributed by atoms with Crippen LogP contribution in [-0.2, 0) is 4.74 Å². The average Bonchev–Trinajstić information content (AvgIpc) is 3.21. The normalized spacial score (nSPS) is 14.9. The van der Waals surface area contributed by atoms with Gasteiger partial charge in [-0.05, 0) is 77.1 Å². The number of fused-ring (bicyclic) bond motifs is 1. The van der Waals surface area contributed by atoms with Gasteiger partial charge in [0.15, 0.2) is 0 Å². The number of halogens is 1. The number of carbonyl (C=O) groups excluding carboxylic acids is 2. The Hall–Kier alpha value is -3.49. The fraction of sp³-hybridized carbons (Fsp3) is 0.481. The average molecular weight is 496 g/mol. The van der Waals surface area contributed by atoms with Crippen molar-refractivity contribution in [3.8, 4) is 5.69 Å². The first-order chi connectivity index (χ1) is 17.0. The molecule has 0 aliphatic carbocycles. The van der Waals surface area contributed by atoms with Crippen LogP contribution in [0, 0.1) is 5.82 Å². The molecule has 1 aliphatic rings. The number of nitrogens with zero attached hydrogens (tertiary/aromatic N) is 5. The van der Waals surface area contributed by atoms with Crippen LogP contribution >= 0.6 is 0 Å². The molecule has 2 aromatic heterocycles. The van der Waals surface area contributed by atoms with E-state index in [1.165, 1.54) is 18.5 Å². The summed E-state index contributed by atoms with van der Waals surface area (Å²) in [4.78, 5) is 37.8. The van der Waals surface area contributed by atoms with Gasteiger partial charge in [0.05, 0.1) is 28.5 Å². The number of hydrogen-bond donors (Lipinski definition) is 0. The van der Waals surface area contributed by atoms with Gasteiger partial charge in [0.25, 0.3) is 5.91 Å². The highest BCUT2D eigenvalue weighted by atomic mass is 19.1. The number of aromatic nitrogens is 3. The maximum absolute atomic E-state index is 14.3. The number of rotatable bonds is 4. The van der Waals surface area contributed by atoms with Crippen LogP contribution in [0.4, 0.5) is 9.18 Å². The van der Waals surface area contributed by atoms with Gasteiger partial charge in [-0.2, -0.15) is 0 Å². The van der Waals surface area contributed by atoms with E-state index >= 15 is 0 Å². The highest BCUT2D eigenvalue weighted by Crippen LogP contribution is 2.35. The van der Waals surface area contributed by atoms with E-state index in [1.54, 1.807) is 29.1 Å². The van der Waals surface area contributed by atoms with Gasteiger partial charge in [-0.3, -0.25) is 4.79 Å². The minimum atomic E-state index is -0.536. The van der Waals surface area contributed by atoms with Crippen LogP contribution in [0.3, 0.4) is 0 Å². The monoisotopic (exact) mass is 495 g/mol. The highest BCUT2D eigenvalue weighted by Gasteiger charge is 2.30. The zero-order chi connectivity index (χ0) is 26.2. The molecule has 36 heavy (non-hydrogen) atoms. The van der Waals surface area contributed by atoms with Crippen molar-refractivity contribution in [3.63, 3.8) is 0 Å². The molecule has 0 saturated carbocycles. The van der Waals surface area contributed by atoms with Crippen LogP contribution < -0.4 is 0 Å². The van der Waals surface area contributed by atoms with Crippen LogP contribution in [0.1, 0.15) is 69.3 Å². The molecule has 192 valence electrons. The van der Waals surface area contributed by atoms with E-state index in [2.05, 4.69) is 9.97 Å². The molecule has 1 aliphatic heterocycles. The molecular formula is C27H34FN5O3. The van der Waals surface area contributed by atoms with E-state index in [-0.39, 0.29) is 29.5 Å². The van der Waals surface area contributed by atoms with Crippen molar-refractivity contribution in [2.45, 2.75) is 65.0 Å². The molecule has 9 heteroatoms. The third-order valence-electron chi connectivity index (χ3n) is 6.62. The lowest BCUT2D eigenvalue weighted by Gasteiger charge is -2.33. The molecule has 0 spiro atoms. The lowest BCUT2D eigenvalue weighted by molar-refractivity contribution is 0.0205. The minimum Gasteiger partial charge on any atom is -0.444 e. The standard InChI is InChI=1S/C27H34FN5O3/c1-17(2)31(6)25(34)20-13-19(28)7-8-22(20)33-15-21(24-23(33)14-29-16-30-24)18-9-11-32(12-10-18)26(35)36-27(3,4)5/h7-8,13-18H,9-12H2,1-6H3. The maximum atomic E-state index is 14.3. The molecule has 1 aromatic carbocycles. The van der Waals surface area contributed by atoms with Gasteiger partial charge in [-0.25, -0.2) is 19.2 Å². The van der Waals surface area contributed by atoms with Crippen molar-refractivity contribution < 1.29 is 18.7 Å². The van der Waals surface area contributed by atoms with Crippen LogP contribution in [0.25, 0.3) is 16.7 Å².